The summed E-state index contributed by atoms with van der Waals surface area (Å²) in [5.41, 5.74) is 3.08. The number of hydrogen-bond donors (Lipinski definition) is 2. The summed E-state index contributed by atoms with van der Waals surface area (Å²) in [4.78, 5) is 0. The predicted molar refractivity (Wildman–Crippen MR) is 90.7 cm³/mol. The van der Waals surface area contributed by atoms with Gasteiger partial charge in [-0.05, 0) is 54.2 Å². The lowest BCUT2D eigenvalue weighted by atomic mass is 9.99. The third-order valence-corrected chi connectivity index (χ3v) is 3.90. The Morgan fingerprint density at radius 2 is 1.52 bits per heavy atom. The van der Waals surface area contributed by atoms with E-state index in [4.69, 9.17) is 9.47 Å². The average molecular weight is 316 g/mol. The summed E-state index contributed by atoms with van der Waals surface area (Å²) in [6.45, 7) is 2.13. The van der Waals surface area contributed by atoms with Crippen molar-refractivity contribution < 1.29 is 19.7 Å². The summed E-state index contributed by atoms with van der Waals surface area (Å²) >= 11 is 0. The molecule has 0 amide bonds. The van der Waals surface area contributed by atoms with E-state index in [1.807, 2.05) is 24.3 Å². The maximum atomic E-state index is 10.3. The number of methoxy groups -OCH3 is 2. The first kappa shape index (κ1) is 17.0. The van der Waals surface area contributed by atoms with Crippen molar-refractivity contribution in [1.82, 2.24) is 0 Å². The summed E-state index contributed by atoms with van der Waals surface area (Å²) < 4.78 is 10.4. The minimum Gasteiger partial charge on any atom is -0.504 e. The Hall–Kier alpha value is -2.36. The van der Waals surface area contributed by atoms with Crippen LogP contribution in [-0.2, 0) is 19.3 Å². The van der Waals surface area contributed by atoms with Crippen LogP contribution in [0, 0.1) is 0 Å². The topological polar surface area (TPSA) is 58.9 Å². The SMILES string of the molecule is CCCc1cc(CCc2ccc(O)c(OC)c2)c(O)c(OC)c1. The highest BCUT2D eigenvalue weighted by Crippen LogP contribution is 2.33. The van der Waals surface area contributed by atoms with Gasteiger partial charge in [-0.3, -0.25) is 0 Å². The highest BCUT2D eigenvalue weighted by atomic mass is 16.5. The van der Waals surface area contributed by atoms with Crippen molar-refractivity contribution in [3.63, 3.8) is 0 Å². The summed E-state index contributed by atoms with van der Waals surface area (Å²) in [6, 6.07) is 9.24. The molecule has 2 N–H and O–H groups in total. The molecule has 0 aliphatic heterocycles. The molecule has 0 radical (unpaired) electrons. The molecule has 0 fully saturated rings. The van der Waals surface area contributed by atoms with E-state index in [-0.39, 0.29) is 11.5 Å². The third-order valence-electron chi connectivity index (χ3n) is 3.90. The molecule has 2 rings (SSSR count). The van der Waals surface area contributed by atoms with Gasteiger partial charge in [0.1, 0.15) is 0 Å². The number of rotatable bonds is 7. The second-order valence-electron chi connectivity index (χ2n) is 5.56. The van der Waals surface area contributed by atoms with Gasteiger partial charge in [-0.15, -0.1) is 0 Å². The van der Waals surface area contributed by atoms with Crippen molar-refractivity contribution in [3.05, 3.63) is 47.0 Å². The Labute approximate surface area is 137 Å². The number of aryl methyl sites for hydroxylation is 3. The number of hydrogen-bond acceptors (Lipinski definition) is 4. The molecular formula is C19H24O4. The molecule has 0 spiro atoms. The third kappa shape index (κ3) is 4.09. The highest BCUT2D eigenvalue weighted by Gasteiger charge is 2.11. The van der Waals surface area contributed by atoms with Crippen molar-refractivity contribution in [2.24, 2.45) is 0 Å². The van der Waals surface area contributed by atoms with E-state index in [1.165, 1.54) is 12.7 Å². The fourth-order valence-corrected chi connectivity index (χ4v) is 2.66. The van der Waals surface area contributed by atoms with Crippen LogP contribution in [0.2, 0.25) is 0 Å². The molecule has 0 heterocycles. The first-order chi connectivity index (χ1) is 11.1. The monoisotopic (exact) mass is 316 g/mol. The lowest BCUT2D eigenvalue weighted by molar-refractivity contribution is 0.369. The van der Waals surface area contributed by atoms with E-state index in [9.17, 15) is 10.2 Å². The Balaban J connectivity index is 2.20. The van der Waals surface area contributed by atoms with Gasteiger partial charge in [-0.25, -0.2) is 0 Å². The van der Waals surface area contributed by atoms with Crippen molar-refractivity contribution in [2.45, 2.75) is 32.6 Å². The van der Waals surface area contributed by atoms with Crippen molar-refractivity contribution in [1.29, 1.82) is 0 Å². The Kier molecular flexibility index (Phi) is 5.74. The molecule has 2 aromatic carbocycles. The molecule has 0 saturated carbocycles. The molecule has 0 unspecified atom stereocenters. The van der Waals surface area contributed by atoms with Crippen LogP contribution < -0.4 is 9.47 Å². The zero-order chi connectivity index (χ0) is 16.8. The summed E-state index contributed by atoms with van der Waals surface area (Å²) in [7, 11) is 3.10. The van der Waals surface area contributed by atoms with Gasteiger partial charge < -0.3 is 19.7 Å². The van der Waals surface area contributed by atoms with E-state index in [0.29, 0.717) is 17.9 Å². The van der Waals surface area contributed by atoms with E-state index >= 15 is 0 Å². The lowest BCUT2D eigenvalue weighted by Gasteiger charge is -2.12. The molecule has 4 nitrogen and oxygen atoms in total. The van der Waals surface area contributed by atoms with Crippen LogP contribution in [-0.4, -0.2) is 24.4 Å². The summed E-state index contributed by atoms with van der Waals surface area (Å²) in [6.07, 6.45) is 3.43. The van der Waals surface area contributed by atoms with Gasteiger partial charge in [0.15, 0.2) is 23.0 Å². The van der Waals surface area contributed by atoms with Crippen LogP contribution in [0.25, 0.3) is 0 Å². The van der Waals surface area contributed by atoms with Gasteiger partial charge in [0.2, 0.25) is 0 Å². The number of benzene rings is 2. The average Bonchev–Trinajstić information content (AvgIpc) is 2.56. The van der Waals surface area contributed by atoms with Gasteiger partial charge in [0.25, 0.3) is 0 Å². The molecular weight excluding hydrogens is 292 g/mol. The number of phenolic OH excluding ortho intramolecular Hbond substituents is 2. The number of phenols is 2. The van der Waals surface area contributed by atoms with Gasteiger partial charge in [-0.2, -0.15) is 0 Å². The van der Waals surface area contributed by atoms with Crippen LogP contribution in [0.1, 0.15) is 30.0 Å². The number of ether oxygens (including phenoxy) is 2. The second-order valence-corrected chi connectivity index (χ2v) is 5.56. The van der Waals surface area contributed by atoms with Crippen LogP contribution in [0.15, 0.2) is 30.3 Å². The molecule has 0 aromatic heterocycles. The molecule has 0 atom stereocenters. The van der Waals surface area contributed by atoms with Gasteiger partial charge >= 0.3 is 0 Å². The van der Waals surface area contributed by atoms with Crippen molar-refractivity contribution in [2.75, 3.05) is 14.2 Å². The normalized spacial score (nSPS) is 10.6. The lowest BCUT2D eigenvalue weighted by Crippen LogP contribution is -1.97. The minimum atomic E-state index is 0.130. The standard InChI is InChI=1S/C19H24O4/c1-4-5-14-10-15(19(21)18(12-14)23-3)8-6-13-7-9-16(20)17(11-13)22-2/h7,9-12,20-21H,4-6,8H2,1-3H3. The molecule has 2 aromatic rings. The zero-order valence-electron chi connectivity index (χ0n) is 13.9. The first-order valence-corrected chi connectivity index (χ1v) is 7.83. The molecule has 4 heteroatoms. The fourth-order valence-electron chi connectivity index (χ4n) is 2.66. The number of aromatic hydroxyl groups is 2. The molecule has 23 heavy (non-hydrogen) atoms. The predicted octanol–water partition coefficient (Wildman–Crippen LogP) is 3.85. The maximum Gasteiger partial charge on any atom is 0.161 e. The quantitative estimate of drug-likeness (QED) is 0.814. The van der Waals surface area contributed by atoms with E-state index < -0.39 is 0 Å². The molecule has 124 valence electrons. The van der Waals surface area contributed by atoms with Gasteiger partial charge in [-0.1, -0.05) is 25.5 Å². The van der Waals surface area contributed by atoms with Crippen LogP contribution in [0.3, 0.4) is 0 Å². The molecule has 0 aliphatic rings. The van der Waals surface area contributed by atoms with Crippen LogP contribution >= 0.6 is 0 Å². The second kappa shape index (κ2) is 7.77. The van der Waals surface area contributed by atoms with Gasteiger partial charge in [0, 0.05) is 0 Å². The van der Waals surface area contributed by atoms with E-state index in [1.54, 1.807) is 13.2 Å². The Morgan fingerprint density at radius 1 is 0.826 bits per heavy atom. The zero-order valence-corrected chi connectivity index (χ0v) is 13.9. The van der Waals surface area contributed by atoms with Crippen LogP contribution in [0.5, 0.6) is 23.0 Å². The van der Waals surface area contributed by atoms with E-state index in [0.717, 1.165) is 30.4 Å². The maximum absolute atomic E-state index is 10.3. The Bertz CT molecular complexity index is 665. The van der Waals surface area contributed by atoms with Crippen molar-refractivity contribution in [3.8, 4) is 23.0 Å². The van der Waals surface area contributed by atoms with Gasteiger partial charge in [0.05, 0.1) is 14.2 Å². The molecule has 0 aliphatic carbocycles. The fraction of sp³-hybridized carbons (Fsp3) is 0.368. The smallest absolute Gasteiger partial charge is 0.161 e. The Morgan fingerprint density at radius 3 is 2.17 bits per heavy atom. The summed E-state index contributed by atoms with van der Waals surface area (Å²) in [5, 5.41) is 20.0. The van der Waals surface area contributed by atoms with E-state index in [2.05, 4.69) is 6.92 Å². The summed E-state index contributed by atoms with van der Waals surface area (Å²) in [5.74, 6) is 1.32. The largest absolute Gasteiger partial charge is 0.504 e. The van der Waals surface area contributed by atoms with Crippen LogP contribution in [0.4, 0.5) is 0 Å². The minimum absolute atomic E-state index is 0.130. The highest BCUT2D eigenvalue weighted by molar-refractivity contribution is 5.49. The molecule has 0 bridgehead atoms. The molecule has 0 saturated heterocycles. The van der Waals surface area contributed by atoms with Crippen molar-refractivity contribution >= 4 is 0 Å². The first-order valence-electron chi connectivity index (χ1n) is 7.83.